The molecule has 0 aromatic rings. The predicted molar refractivity (Wildman–Crippen MR) is 71.8 cm³/mol. The third-order valence-corrected chi connectivity index (χ3v) is 3.61. The summed E-state index contributed by atoms with van der Waals surface area (Å²) in [4.78, 5) is 2.55. The molecule has 94 valence electrons. The van der Waals surface area contributed by atoms with Gasteiger partial charge < -0.3 is 5.32 Å². The average molecular weight is 224 g/mol. The first-order chi connectivity index (χ1) is 7.62. The van der Waals surface area contributed by atoms with Crippen molar-refractivity contribution in [2.75, 3.05) is 32.7 Å². The van der Waals surface area contributed by atoms with E-state index in [-0.39, 0.29) is 0 Å². The molecule has 0 aromatic heterocycles. The average Bonchev–Trinajstić information content (AvgIpc) is 2.65. The second-order valence-electron chi connectivity index (χ2n) is 5.44. The monoisotopic (exact) mass is 224 g/mol. The summed E-state index contributed by atoms with van der Waals surface area (Å²) < 4.78 is 0. The molecule has 2 heteroatoms. The molecule has 0 bridgehead atoms. The number of nitrogens with zero attached hydrogens (tertiary/aromatic N) is 1. The standard InChI is InChI=1S/C14H28N2/c1-5-7-14(8-9-15-11-14)12-16(6-2)10-13(3)4/h15H,3,5-12H2,1-2,4H3. The molecule has 2 nitrogen and oxygen atoms in total. The summed E-state index contributed by atoms with van der Waals surface area (Å²) in [6, 6.07) is 0. The molecule has 1 aliphatic rings. The van der Waals surface area contributed by atoms with Crippen molar-refractivity contribution in [3.05, 3.63) is 12.2 Å². The van der Waals surface area contributed by atoms with E-state index in [2.05, 4.69) is 37.6 Å². The third kappa shape index (κ3) is 3.91. The minimum absolute atomic E-state index is 0.528. The van der Waals surface area contributed by atoms with Gasteiger partial charge in [-0.15, -0.1) is 0 Å². The number of hydrogen-bond acceptors (Lipinski definition) is 2. The second-order valence-corrected chi connectivity index (χ2v) is 5.44. The highest BCUT2D eigenvalue weighted by Crippen LogP contribution is 2.32. The van der Waals surface area contributed by atoms with Crippen LogP contribution in [-0.2, 0) is 0 Å². The lowest BCUT2D eigenvalue weighted by atomic mass is 9.82. The Morgan fingerprint density at radius 3 is 2.62 bits per heavy atom. The Kier molecular flexibility index (Phi) is 5.50. The zero-order valence-corrected chi connectivity index (χ0v) is 11.3. The highest BCUT2D eigenvalue weighted by molar-refractivity contribution is 4.95. The van der Waals surface area contributed by atoms with Gasteiger partial charge >= 0.3 is 0 Å². The highest BCUT2D eigenvalue weighted by atomic mass is 15.1. The van der Waals surface area contributed by atoms with Gasteiger partial charge in [0.25, 0.3) is 0 Å². The largest absolute Gasteiger partial charge is 0.316 e. The van der Waals surface area contributed by atoms with Gasteiger partial charge in [0.2, 0.25) is 0 Å². The number of hydrogen-bond donors (Lipinski definition) is 1. The molecule has 1 N–H and O–H groups in total. The van der Waals surface area contributed by atoms with Crippen molar-refractivity contribution in [2.24, 2.45) is 5.41 Å². The molecule has 0 aromatic carbocycles. The van der Waals surface area contributed by atoms with E-state index in [9.17, 15) is 0 Å². The van der Waals surface area contributed by atoms with Gasteiger partial charge in [0.1, 0.15) is 0 Å². The highest BCUT2D eigenvalue weighted by Gasteiger charge is 2.34. The van der Waals surface area contributed by atoms with E-state index in [1.54, 1.807) is 0 Å². The maximum Gasteiger partial charge on any atom is 0.0187 e. The van der Waals surface area contributed by atoms with E-state index >= 15 is 0 Å². The zero-order valence-electron chi connectivity index (χ0n) is 11.3. The van der Waals surface area contributed by atoms with Crippen molar-refractivity contribution < 1.29 is 0 Å². The number of rotatable bonds is 7. The predicted octanol–water partition coefficient (Wildman–Crippen LogP) is 2.66. The van der Waals surface area contributed by atoms with Crippen LogP contribution in [0.5, 0.6) is 0 Å². The SMILES string of the molecule is C=C(C)CN(CC)CC1(CCC)CCNC1. The van der Waals surface area contributed by atoms with E-state index in [0.717, 1.165) is 13.1 Å². The van der Waals surface area contributed by atoms with E-state index in [1.807, 2.05) is 0 Å². The summed E-state index contributed by atoms with van der Waals surface area (Å²) >= 11 is 0. The summed E-state index contributed by atoms with van der Waals surface area (Å²) in [6.45, 7) is 16.5. The molecule has 1 heterocycles. The van der Waals surface area contributed by atoms with Crippen molar-refractivity contribution >= 4 is 0 Å². The molecule has 16 heavy (non-hydrogen) atoms. The van der Waals surface area contributed by atoms with E-state index in [0.29, 0.717) is 5.41 Å². The van der Waals surface area contributed by atoms with Crippen LogP contribution in [-0.4, -0.2) is 37.6 Å². The van der Waals surface area contributed by atoms with Crippen LogP contribution < -0.4 is 5.32 Å². The molecule has 0 amide bonds. The van der Waals surface area contributed by atoms with Crippen LogP contribution in [0.1, 0.15) is 40.0 Å². The van der Waals surface area contributed by atoms with Gasteiger partial charge in [-0.1, -0.05) is 32.4 Å². The van der Waals surface area contributed by atoms with Gasteiger partial charge in [-0.3, -0.25) is 4.90 Å². The fourth-order valence-corrected chi connectivity index (χ4v) is 2.89. The van der Waals surface area contributed by atoms with E-state index in [1.165, 1.54) is 44.5 Å². The fraction of sp³-hybridized carbons (Fsp3) is 0.857. The maximum atomic E-state index is 4.03. The van der Waals surface area contributed by atoms with Gasteiger partial charge in [-0.05, 0) is 38.3 Å². The van der Waals surface area contributed by atoms with Gasteiger partial charge in [-0.25, -0.2) is 0 Å². The molecule has 1 saturated heterocycles. The molecule has 1 aliphatic heterocycles. The van der Waals surface area contributed by atoms with Crippen molar-refractivity contribution in [3.63, 3.8) is 0 Å². The molecule has 0 aliphatic carbocycles. The molecule has 1 unspecified atom stereocenters. The van der Waals surface area contributed by atoms with Crippen LogP contribution >= 0.6 is 0 Å². The smallest absolute Gasteiger partial charge is 0.0187 e. The van der Waals surface area contributed by atoms with Crippen molar-refractivity contribution in [1.82, 2.24) is 10.2 Å². The van der Waals surface area contributed by atoms with Gasteiger partial charge in [0.05, 0.1) is 0 Å². The summed E-state index contributed by atoms with van der Waals surface area (Å²) in [5, 5.41) is 3.53. The minimum Gasteiger partial charge on any atom is -0.316 e. The normalized spacial score (nSPS) is 25.2. The number of nitrogens with one attached hydrogen (secondary N) is 1. The van der Waals surface area contributed by atoms with Gasteiger partial charge in [-0.2, -0.15) is 0 Å². The lowest BCUT2D eigenvalue weighted by molar-refractivity contribution is 0.167. The molecule has 1 atom stereocenters. The van der Waals surface area contributed by atoms with Gasteiger partial charge in [0, 0.05) is 19.6 Å². The lowest BCUT2D eigenvalue weighted by Crippen LogP contribution is -2.40. The quantitative estimate of drug-likeness (QED) is 0.669. The van der Waals surface area contributed by atoms with Crippen molar-refractivity contribution in [2.45, 2.75) is 40.0 Å². The third-order valence-electron chi connectivity index (χ3n) is 3.61. The summed E-state index contributed by atoms with van der Waals surface area (Å²) in [7, 11) is 0. The van der Waals surface area contributed by atoms with Crippen molar-refractivity contribution in [3.8, 4) is 0 Å². The van der Waals surface area contributed by atoms with Crippen LogP contribution in [0.4, 0.5) is 0 Å². The Hall–Kier alpha value is -0.340. The summed E-state index contributed by atoms with van der Waals surface area (Å²) in [6.07, 6.45) is 3.99. The molecule has 1 rings (SSSR count). The van der Waals surface area contributed by atoms with E-state index in [4.69, 9.17) is 0 Å². The second kappa shape index (κ2) is 6.41. The van der Waals surface area contributed by atoms with Gasteiger partial charge in [0.15, 0.2) is 0 Å². The first-order valence-corrected chi connectivity index (χ1v) is 6.69. The number of likely N-dealkylation sites (N-methyl/N-ethyl adjacent to an activating group) is 1. The van der Waals surface area contributed by atoms with Crippen LogP contribution in [0.2, 0.25) is 0 Å². The topological polar surface area (TPSA) is 15.3 Å². The first kappa shape index (κ1) is 13.7. The lowest BCUT2D eigenvalue weighted by Gasteiger charge is -2.34. The summed E-state index contributed by atoms with van der Waals surface area (Å²) in [5.74, 6) is 0. The first-order valence-electron chi connectivity index (χ1n) is 6.69. The molecule has 0 spiro atoms. The van der Waals surface area contributed by atoms with Crippen molar-refractivity contribution in [1.29, 1.82) is 0 Å². The van der Waals surface area contributed by atoms with Crippen LogP contribution in [0.15, 0.2) is 12.2 Å². The molecular weight excluding hydrogens is 196 g/mol. The Morgan fingerprint density at radius 1 is 1.44 bits per heavy atom. The zero-order chi connectivity index (χ0) is 12.0. The summed E-state index contributed by atoms with van der Waals surface area (Å²) in [5.41, 5.74) is 1.81. The van der Waals surface area contributed by atoms with Crippen LogP contribution in [0.25, 0.3) is 0 Å². The van der Waals surface area contributed by atoms with E-state index < -0.39 is 0 Å². The van der Waals surface area contributed by atoms with Crippen LogP contribution in [0.3, 0.4) is 0 Å². The molecule has 0 radical (unpaired) electrons. The maximum absolute atomic E-state index is 4.03. The molecular formula is C14H28N2. The van der Waals surface area contributed by atoms with Crippen LogP contribution in [0, 0.1) is 5.41 Å². The Labute approximate surface area is 101 Å². The molecule has 1 fully saturated rings. The Morgan fingerprint density at radius 2 is 2.19 bits per heavy atom. The Balaban J connectivity index is 2.55. The Bertz CT molecular complexity index is 217. The minimum atomic E-state index is 0.528. The fourth-order valence-electron chi connectivity index (χ4n) is 2.89. The molecule has 0 saturated carbocycles.